The van der Waals surface area contributed by atoms with Crippen LogP contribution in [0.15, 0.2) is 18.5 Å². The average molecular weight is 319 g/mol. The molecule has 0 unspecified atom stereocenters. The van der Waals surface area contributed by atoms with Crippen LogP contribution in [0.25, 0.3) is 0 Å². The molecule has 2 heterocycles. The summed E-state index contributed by atoms with van der Waals surface area (Å²) >= 11 is 5.94. The number of halogens is 1. The summed E-state index contributed by atoms with van der Waals surface area (Å²) in [6.07, 6.45) is 3.82. The lowest BCUT2D eigenvalue weighted by Crippen LogP contribution is -2.10. The van der Waals surface area contributed by atoms with Crippen molar-refractivity contribution in [3.63, 3.8) is 0 Å². The van der Waals surface area contributed by atoms with E-state index in [1.54, 1.807) is 23.9 Å². The van der Waals surface area contributed by atoms with E-state index in [4.69, 9.17) is 11.6 Å². The number of rotatable bonds is 4. The third-order valence-electron chi connectivity index (χ3n) is 3.09. The fourth-order valence-electron chi connectivity index (χ4n) is 1.95. The molecule has 2 aromatic heterocycles. The van der Waals surface area contributed by atoms with Gasteiger partial charge in [0.05, 0.1) is 28.6 Å². The Morgan fingerprint density at radius 3 is 2.77 bits per heavy atom. The topological polar surface area (TPSA) is 63.0 Å². The second-order valence-corrected chi connectivity index (χ2v) is 5.56. The summed E-state index contributed by atoms with van der Waals surface area (Å²) in [5.74, 6) is 6.20. The highest BCUT2D eigenvalue weighted by molar-refractivity contribution is 6.29. The zero-order valence-electron chi connectivity index (χ0n) is 12.9. The van der Waals surface area contributed by atoms with Gasteiger partial charge in [-0.15, -0.1) is 0 Å². The van der Waals surface area contributed by atoms with Crippen molar-refractivity contribution in [1.29, 1.82) is 0 Å². The fourth-order valence-corrected chi connectivity index (χ4v) is 2.11. The maximum absolute atomic E-state index is 9.32. The first-order valence-electron chi connectivity index (χ1n) is 7.05. The summed E-state index contributed by atoms with van der Waals surface area (Å²) in [7, 11) is 1.87. The predicted octanol–water partition coefficient (Wildman–Crippen LogP) is 2.36. The van der Waals surface area contributed by atoms with Crippen LogP contribution in [0.3, 0.4) is 0 Å². The number of aliphatic hydroxyl groups is 1. The van der Waals surface area contributed by atoms with Gasteiger partial charge in [0.2, 0.25) is 0 Å². The van der Waals surface area contributed by atoms with Crippen LogP contribution in [0.2, 0.25) is 5.15 Å². The molecule has 0 aliphatic heterocycles. The summed E-state index contributed by atoms with van der Waals surface area (Å²) < 4.78 is 1.74. The first-order valence-corrected chi connectivity index (χ1v) is 7.43. The molecular weight excluding hydrogens is 300 g/mol. The zero-order chi connectivity index (χ0) is 16.1. The maximum Gasteiger partial charge on any atom is 0.131 e. The number of nitrogens with one attached hydrogen (secondary N) is 1. The van der Waals surface area contributed by atoms with Gasteiger partial charge in [0.15, 0.2) is 0 Å². The number of aromatic nitrogens is 3. The summed E-state index contributed by atoms with van der Waals surface area (Å²) in [5, 5.41) is 17.2. The second kappa shape index (κ2) is 7.30. The smallest absolute Gasteiger partial charge is 0.131 e. The summed E-state index contributed by atoms with van der Waals surface area (Å²) in [6.45, 7) is 4.32. The number of aliphatic hydroxyl groups excluding tert-OH is 1. The molecular formula is C16H19ClN4O. The minimum atomic E-state index is -0.350. The van der Waals surface area contributed by atoms with Crippen LogP contribution in [0.5, 0.6) is 0 Å². The molecule has 0 saturated carbocycles. The van der Waals surface area contributed by atoms with Crippen LogP contribution in [0, 0.1) is 18.8 Å². The van der Waals surface area contributed by atoms with E-state index in [0.29, 0.717) is 18.1 Å². The molecule has 2 aromatic rings. The standard InChI is InChI=1S/C16H19ClN4O/c1-11(22)6-7-18-15-8-16(17)19-9-13(15)4-5-14-10-21(3)20-12(14)2/h8-11,22H,6-7H2,1-3H3,(H,18,19)/t11-/m1/s1. The molecule has 6 heteroatoms. The number of pyridine rings is 1. The van der Waals surface area contributed by atoms with Crippen molar-refractivity contribution >= 4 is 17.3 Å². The van der Waals surface area contributed by atoms with Crippen LogP contribution < -0.4 is 5.32 Å². The van der Waals surface area contributed by atoms with Gasteiger partial charge in [-0.3, -0.25) is 4.68 Å². The van der Waals surface area contributed by atoms with E-state index in [2.05, 4.69) is 27.2 Å². The maximum atomic E-state index is 9.32. The van der Waals surface area contributed by atoms with E-state index in [1.807, 2.05) is 20.2 Å². The van der Waals surface area contributed by atoms with Crippen molar-refractivity contribution in [2.75, 3.05) is 11.9 Å². The first kappa shape index (κ1) is 16.3. The lowest BCUT2D eigenvalue weighted by atomic mass is 10.2. The van der Waals surface area contributed by atoms with Gasteiger partial charge in [-0.25, -0.2) is 4.98 Å². The summed E-state index contributed by atoms with van der Waals surface area (Å²) in [6, 6.07) is 1.74. The van der Waals surface area contributed by atoms with Crippen LogP contribution in [-0.4, -0.2) is 32.5 Å². The van der Waals surface area contributed by atoms with Crippen LogP contribution in [-0.2, 0) is 7.05 Å². The molecule has 116 valence electrons. The molecule has 0 aliphatic rings. The lowest BCUT2D eigenvalue weighted by Gasteiger charge is -2.09. The molecule has 0 radical (unpaired) electrons. The van der Waals surface area contributed by atoms with E-state index in [-0.39, 0.29) is 6.10 Å². The van der Waals surface area contributed by atoms with E-state index in [0.717, 1.165) is 22.5 Å². The van der Waals surface area contributed by atoms with E-state index in [1.165, 1.54) is 0 Å². The van der Waals surface area contributed by atoms with Crippen LogP contribution >= 0.6 is 11.6 Å². The first-order chi connectivity index (χ1) is 10.5. The number of aryl methyl sites for hydroxylation is 2. The molecule has 5 nitrogen and oxygen atoms in total. The highest BCUT2D eigenvalue weighted by Crippen LogP contribution is 2.18. The van der Waals surface area contributed by atoms with Crippen molar-refractivity contribution in [2.24, 2.45) is 7.05 Å². The number of hydrogen-bond acceptors (Lipinski definition) is 4. The quantitative estimate of drug-likeness (QED) is 0.671. The molecule has 2 N–H and O–H groups in total. The Morgan fingerprint density at radius 1 is 1.41 bits per heavy atom. The van der Waals surface area contributed by atoms with Gasteiger partial charge in [-0.2, -0.15) is 5.10 Å². The number of hydrogen-bond donors (Lipinski definition) is 2. The van der Waals surface area contributed by atoms with Gasteiger partial charge < -0.3 is 10.4 Å². The largest absolute Gasteiger partial charge is 0.393 e. The normalized spacial score (nSPS) is 11.7. The SMILES string of the molecule is Cc1nn(C)cc1C#Cc1cnc(Cl)cc1NCC[C@@H](C)O. The molecule has 0 bridgehead atoms. The molecule has 0 aromatic carbocycles. The Kier molecular flexibility index (Phi) is 5.42. The molecule has 0 amide bonds. The van der Waals surface area contributed by atoms with Crippen LogP contribution in [0.1, 0.15) is 30.2 Å². The Labute approximate surface area is 135 Å². The molecule has 0 saturated heterocycles. The molecule has 22 heavy (non-hydrogen) atoms. The van der Waals surface area contributed by atoms with Gasteiger partial charge in [0, 0.05) is 26.0 Å². The number of anilines is 1. The van der Waals surface area contributed by atoms with Crippen molar-refractivity contribution < 1.29 is 5.11 Å². The minimum Gasteiger partial charge on any atom is -0.393 e. The van der Waals surface area contributed by atoms with Gasteiger partial charge in [0.25, 0.3) is 0 Å². The summed E-state index contributed by atoms with van der Waals surface area (Å²) in [4.78, 5) is 4.08. The van der Waals surface area contributed by atoms with Gasteiger partial charge in [-0.05, 0) is 26.3 Å². The Morgan fingerprint density at radius 2 is 2.14 bits per heavy atom. The Bertz CT molecular complexity index is 713. The third kappa shape index (κ3) is 4.48. The monoisotopic (exact) mass is 318 g/mol. The average Bonchev–Trinajstić information content (AvgIpc) is 2.75. The van der Waals surface area contributed by atoms with E-state index in [9.17, 15) is 5.11 Å². The van der Waals surface area contributed by atoms with Crippen molar-refractivity contribution in [2.45, 2.75) is 26.4 Å². The number of nitrogens with zero attached hydrogens (tertiary/aromatic N) is 3. The molecule has 0 aliphatic carbocycles. The zero-order valence-corrected chi connectivity index (χ0v) is 13.6. The van der Waals surface area contributed by atoms with Crippen LogP contribution in [0.4, 0.5) is 5.69 Å². The van der Waals surface area contributed by atoms with E-state index >= 15 is 0 Å². The third-order valence-corrected chi connectivity index (χ3v) is 3.30. The van der Waals surface area contributed by atoms with E-state index < -0.39 is 0 Å². The molecule has 0 spiro atoms. The highest BCUT2D eigenvalue weighted by Gasteiger charge is 2.04. The van der Waals surface area contributed by atoms with Gasteiger partial charge in [0.1, 0.15) is 5.15 Å². The van der Waals surface area contributed by atoms with Crippen molar-refractivity contribution in [1.82, 2.24) is 14.8 Å². The highest BCUT2D eigenvalue weighted by atomic mass is 35.5. The Balaban J connectivity index is 2.22. The van der Waals surface area contributed by atoms with Gasteiger partial charge >= 0.3 is 0 Å². The predicted molar refractivity (Wildman–Crippen MR) is 88.0 cm³/mol. The van der Waals surface area contributed by atoms with Crippen molar-refractivity contribution in [3.05, 3.63) is 40.4 Å². The molecule has 0 fully saturated rings. The molecule has 1 atom stereocenters. The second-order valence-electron chi connectivity index (χ2n) is 5.17. The van der Waals surface area contributed by atoms with Gasteiger partial charge in [-0.1, -0.05) is 23.4 Å². The molecule has 2 rings (SSSR count). The van der Waals surface area contributed by atoms with Crippen molar-refractivity contribution in [3.8, 4) is 11.8 Å². The minimum absolute atomic E-state index is 0.350. The fraction of sp³-hybridized carbons (Fsp3) is 0.375. The Hall–Kier alpha value is -2.03. The lowest BCUT2D eigenvalue weighted by molar-refractivity contribution is 0.189. The summed E-state index contributed by atoms with van der Waals surface area (Å²) in [5.41, 5.74) is 3.35.